The molecule has 0 bridgehead atoms. The molecule has 2 atom stereocenters. The number of rotatable bonds is 6. The van der Waals surface area contributed by atoms with E-state index in [-0.39, 0.29) is 17.7 Å². The third-order valence-corrected chi connectivity index (χ3v) is 4.34. The maximum Gasteiger partial charge on any atom is 0.306 e. The van der Waals surface area contributed by atoms with Crippen molar-refractivity contribution in [2.75, 3.05) is 13.1 Å². The summed E-state index contributed by atoms with van der Waals surface area (Å²) in [6.45, 7) is 3.36. The van der Waals surface area contributed by atoms with Crippen LogP contribution in [0.15, 0.2) is 30.3 Å². The number of carbonyl (C=O) groups is 2. The van der Waals surface area contributed by atoms with E-state index in [4.69, 9.17) is 5.11 Å². The van der Waals surface area contributed by atoms with E-state index in [2.05, 4.69) is 12.1 Å². The summed E-state index contributed by atoms with van der Waals surface area (Å²) in [5.41, 5.74) is 1.22. The topological polar surface area (TPSA) is 57.6 Å². The fourth-order valence-corrected chi connectivity index (χ4v) is 3.02. The minimum atomic E-state index is -0.766. The Labute approximate surface area is 125 Å². The summed E-state index contributed by atoms with van der Waals surface area (Å²) < 4.78 is 0. The van der Waals surface area contributed by atoms with Crippen molar-refractivity contribution >= 4 is 11.9 Å². The molecule has 0 spiro atoms. The zero-order valence-electron chi connectivity index (χ0n) is 12.5. The summed E-state index contributed by atoms with van der Waals surface area (Å²) in [4.78, 5) is 25.4. The van der Waals surface area contributed by atoms with Crippen LogP contribution >= 0.6 is 0 Å². The molecule has 0 radical (unpaired) electrons. The largest absolute Gasteiger partial charge is 0.481 e. The lowest BCUT2D eigenvalue weighted by atomic mass is 10.0. The molecule has 0 aromatic heterocycles. The van der Waals surface area contributed by atoms with Crippen molar-refractivity contribution < 1.29 is 14.7 Å². The predicted octanol–water partition coefficient (Wildman–Crippen LogP) is 2.58. The molecule has 1 aromatic rings. The second kappa shape index (κ2) is 7.25. The molecule has 21 heavy (non-hydrogen) atoms. The van der Waals surface area contributed by atoms with Gasteiger partial charge in [0.15, 0.2) is 0 Å². The van der Waals surface area contributed by atoms with Crippen molar-refractivity contribution in [3.05, 3.63) is 35.9 Å². The van der Waals surface area contributed by atoms with Crippen LogP contribution < -0.4 is 0 Å². The first-order valence-corrected chi connectivity index (χ1v) is 7.67. The van der Waals surface area contributed by atoms with Crippen molar-refractivity contribution in [1.29, 1.82) is 0 Å². The standard InChI is InChI=1S/C17H23NO3/c1-2-18(11-10-13-6-4-3-5-7-13)16(19)14-8-9-15(12-14)17(20)21/h3-7,14-15H,2,8-12H2,1H3,(H,20,21). The van der Waals surface area contributed by atoms with Crippen LogP contribution in [-0.4, -0.2) is 35.0 Å². The Morgan fingerprint density at radius 1 is 1.19 bits per heavy atom. The third-order valence-electron chi connectivity index (χ3n) is 4.34. The first-order chi connectivity index (χ1) is 10.1. The number of likely N-dealkylation sites (N-methyl/N-ethyl adjacent to an activating group) is 1. The zero-order valence-corrected chi connectivity index (χ0v) is 12.5. The molecular formula is C17H23NO3. The fourth-order valence-electron chi connectivity index (χ4n) is 3.02. The SMILES string of the molecule is CCN(CCc1ccccc1)C(=O)C1CCC(C(=O)O)C1. The predicted molar refractivity (Wildman–Crippen MR) is 80.9 cm³/mol. The van der Waals surface area contributed by atoms with Crippen LogP contribution in [0.5, 0.6) is 0 Å². The number of amides is 1. The summed E-state index contributed by atoms with van der Waals surface area (Å²) in [7, 11) is 0. The van der Waals surface area contributed by atoms with Gasteiger partial charge in [0.05, 0.1) is 5.92 Å². The molecule has 1 saturated carbocycles. The molecule has 1 fully saturated rings. The van der Waals surface area contributed by atoms with Crippen LogP contribution in [0.2, 0.25) is 0 Å². The average molecular weight is 289 g/mol. The Bertz CT molecular complexity index is 486. The van der Waals surface area contributed by atoms with Gasteiger partial charge in [-0.1, -0.05) is 30.3 Å². The highest BCUT2D eigenvalue weighted by molar-refractivity contribution is 5.81. The van der Waals surface area contributed by atoms with Crippen LogP contribution in [0.1, 0.15) is 31.7 Å². The summed E-state index contributed by atoms with van der Waals surface area (Å²) in [6, 6.07) is 10.1. The molecule has 1 N–H and O–H groups in total. The van der Waals surface area contributed by atoms with Crippen LogP contribution in [-0.2, 0) is 16.0 Å². The van der Waals surface area contributed by atoms with Crippen molar-refractivity contribution in [3.8, 4) is 0 Å². The van der Waals surface area contributed by atoms with Gasteiger partial charge in [0.25, 0.3) is 0 Å². The van der Waals surface area contributed by atoms with Gasteiger partial charge in [-0.2, -0.15) is 0 Å². The van der Waals surface area contributed by atoms with Crippen molar-refractivity contribution in [2.45, 2.75) is 32.6 Å². The maximum absolute atomic E-state index is 12.5. The lowest BCUT2D eigenvalue weighted by Crippen LogP contribution is -2.37. The normalized spacial score (nSPS) is 21.2. The Hall–Kier alpha value is -1.84. The smallest absolute Gasteiger partial charge is 0.306 e. The molecule has 114 valence electrons. The van der Waals surface area contributed by atoms with Gasteiger partial charge in [-0.15, -0.1) is 0 Å². The number of carbonyl (C=O) groups excluding carboxylic acids is 1. The molecule has 1 aromatic carbocycles. The number of hydrogen-bond acceptors (Lipinski definition) is 2. The lowest BCUT2D eigenvalue weighted by Gasteiger charge is -2.24. The lowest BCUT2D eigenvalue weighted by molar-refractivity contribution is -0.141. The molecule has 1 aliphatic carbocycles. The van der Waals surface area contributed by atoms with Gasteiger partial charge in [-0.3, -0.25) is 9.59 Å². The minimum absolute atomic E-state index is 0.109. The first-order valence-electron chi connectivity index (χ1n) is 7.67. The second-order valence-electron chi connectivity index (χ2n) is 5.70. The van der Waals surface area contributed by atoms with E-state index in [1.165, 1.54) is 5.56 Å². The van der Waals surface area contributed by atoms with E-state index >= 15 is 0 Å². The molecule has 4 heteroatoms. The summed E-state index contributed by atoms with van der Waals surface area (Å²) in [5, 5.41) is 9.04. The van der Waals surface area contributed by atoms with E-state index in [9.17, 15) is 9.59 Å². The monoisotopic (exact) mass is 289 g/mol. The molecule has 0 heterocycles. The molecule has 0 saturated heterocycles. The van der Waals surface area contributed by atoms with E-state index in [0.717, 1.165) is 6.42 Å². The maximum atomic E-state index is 12.5. The molecule has 0 aliphatic heterocycles. The van der Waals surface area contributed by atoms with Gasteiger partial charge in [-0.25, -0.2) is 0 Å². The van der Waals surface area contributed by atoms with Gasteiger partial charge >= 0.3 is 5.97 Å². The number of carboxylic acids is 1. The second-order valence-corrected chi connectivity index (χ2v) is 5.70. The van der Waals surface area contributed by atoms with Crippen LogP contribution in [0.25, 0.3) is 0 Å². The molecule has 2 unspecified atom stereocenters. The van der Waals surface area contributed by atoms with Crippen LogP contribution in [0, 0.1) is 11.8 Å². The fraction of sp³-hybridized carbons (Fsp3) is 0.529. The summed E-state index contributed by atoms with van der Waals surface area (Å²) in [6.07, 6.45) is 2.67. The minimum Gasteiger partial charge on any atom is -0.481 e. The Balaban J connectivity index is 1.89. The highest BCUT2D eigenvalue weighted by Gasteiger charge is 2.35. The third kappa shape index (κ3) is 4.06. The van der Waals surface area contributed by atoms with Gasteiger partial charge in [0, 0.05) is 19.0 Å². The highest BCUT2D eigenvalue weighted by Crippen LogP contribution is 2.32. The van der Waals surface area contributed by atoms with Crippen LogP contribution in [0.3, 0.4) is 0 Å². The van der Waals surface area contributed by atoms with Crippen molar-refractivity contribution in [3.63, 3.8) is 0 Å². The van der Waals surface area contributed by atoms with Gasteiger partial charge in [0.1, 0.15) is 0 Å². The summed E-state index contributed by atoms with van der Waals surface area (Å²) in [5.74, 6) is -1.09. The highest BCUT2D eigenvalue weighted by atomic mass is 16.4. The Morgan fingerprint density at radius 2 is 1.86 bits per heavy atom. The van der Waals surface area contributed by atoms with Gasteiger partial charge in [0.2, 0.25) is 5.91 Å². The molecule has 1 amide bonds. The number of hydrogen-bond donors (Lipinski definition) is 1. The Morgan fingerprint density at radius 3 is 2.43 bits per heavy atom. The molecule has 1 aliphatic rings. The van der Waals surface area contributed by atoms with E-state index in [1.807, 2.05) is 30.0 Å². The van der Waals surface area contributed by atoms with E-state index < -0.39 is 5.97 Å². The quantitative estimate of drug-likeness (QED) is 0.875. The molecule has 4 nitrogen and oxygen atoms in total. The number of nitrogens with zero attached hydrogens (tertiary/aromatic N) is 1. The number of benzene rings is 1. The summed E-state index contributed by atoms with van der Waals surface area (Å²) >= 11 is 0. The first kappa shape index (κ1) is 15.5. The van der Waals surface area contributed by atoms with E-state index in [0.29, 0.717) is 32.4 Å². The van der Waals surface area contributed by atoms with Gasteiger partial charge < -0.3 is 10.0 Å². The molecule has 2 rings (SSSR count). The van der Waals surface area contributed by atoms with Crippen molar-refractivity contribution in [1.82, 2.24) is 4.90 Å². The van der Waals surface area contributed by atoms with Crippen LogP contribution in [0.4, 0.5) is 0 Å². The zero-order chi connectivity index (χ0) is 15.2. The van der Waals surface area contributed by atoms with Gasteiger partial charge in [-0.05, 0) is 38.2 Å². The average Bonchev–Trinajstić information content (AvgIpc) is 2.99. The number of carboxylic acid groups (broad SMARTS) is 1. The van der Waals surface area contributed by atoms with E-state index in [1.54, 1.807) is 0 Å². The number of aliphatic carboxylic acids is 1. The van der Waals surface area contributed by atoms with Crippen molar-refractivity contribution in [2.24, 2.45) is 11.8 Å². The molecular weight excluding hydrogens is 266 g/mol. The Kier molecular flexibility index (Phi) is 5.37.